The van der Waals surface area contributed by atoms with Crippen LogP contribution in [0, 0.1) is 20.2 Å². The van der Waals surface area contributed by atoms with Gasteiger partial charge in [-0.15, -0.1) is 0 Å². The quantitative estimate of drug-likeness (QED) is 0.433. The zero-order valence-corrected chi connectivity index (χ0v) is 13.4. The van der Waals surface area contributed by atoms with Crippen molar-refractivity contribution >= 4 is 11.7 Å². The van der Waals surface area contributed by atoms with E-state index in [0.29, 0.717) is 11.1 Å². The number of nitro groups is 2. The molecule has 0 aromatic heterocycles. The molecule has 2 atom stereocenters. The zero-order valence-electron chi connectivity index (χ0n) is 13.4. The summed E-state index contributed by atoms with van der Waals surface area (Å²) < 4.78 is 4.83. The van der Waals surface area contributed by atoms with Gasteiger partial charge in [0.1, 0.15) is 0 Å². The van der Waals surface area contributed by atoms with Gasteiger partial charge in [0.25, 0.3) is 5.69 Å². The summed E-state index contributed by atoms with van der Waals surface area (Å²) in [6, 6.07) is 14.0. The topological polar surface area (TPSA) is 113 Å². The first kappa shape index (κ1) is 18.1. The highest BCUT2D eigenvalue weighted by Crippen LogP contribution is 2.35. The van der Waals surface area contributed by atoms with E-state index in [2.05, 4.69) is 0 Å². The van der Waals surface area contributed by atoms with Crippen molar-refractivity contribution in [3.8, 4) is 0 Å². The number of carbonyl (C=O) groups is 1. The summed E-state index contributed by atoms with van der Waals surface area (Å²) in [6.07, 6.45) is 0. The van der Waals surface area contributed by atoms with Gasteiger partial charge >= 0.3 is 5.97 Å². The molecule has 0 radical (unpaired) electrons. The summed E-state index contributed by atoms with van der Waals surface area (Å²) >= 11 is 0. The molecule has 8 heteroatoms. The number of hydrogen-bond acceptors (Lipinski definition) is 6. The molecule has 25 heavy (non-hydrogen) atoms. The van der Waals surface area contributed by atoms with Crippen LogP contribution in [-0.2, 0) is 9.53 Å². The maximum atomic E-state index is 12.3. The Morgan fingerprint density at radius 1 is 1.00 bits per heavy atom. The van der Waals surface area contributed by atoms with Gasteiger partial charge in [0.15, 0.2) is 0 Å². The molecule has 0 spiro atoms. The molecule has 8 nitrogen and oxygen atoms in total. The van der Waals surface area contributed by atoms with E-state index in [-0.39, 0.29) is 5.69 Å². The third kappa shape index (κ3) is 4.37. The van der Waals surface area contributed by atoms with E-state index >= 15 is 0 Å². The molecule has 0 saturated heterocycles. The van der Waals surface area contributed by atoms with Crippen LogP contribution < -0.4 is 0 Å². The standard InChI is InChI=1S/C17H16N2O6/c1-25-17(20)16(13-7-9-14(10-8-13)19(23)24)15(11-18(21)22)12-5-3-2-4-6-12/h2-10,15-16H,11H2,1H3/t15-,16+/m1/s1. The monoisotopic (exact) mass is 344 g/mol. The van der Waals surface area contributed by atoms with Gasteiger partial charge in [0, 0.05) is 17.1 Å². The number of benzene rings is 2. The molecular weight excluding hydrogens is 328 g/mol. The minimum absolute atomic E-state index is 0.127. The van der Waals surface area contributed by atoms with Crippen molar-refractivity contribution in [2.45, 2.75) is 11.8 Å². The second-order valence-corrected chi connectivity index (χ2v) is 5.38. The Morgan fingerprint density at radius 3 is 2.08 bits per heavy atom. The van der Waals surface area contributed by atoms with E-state index in [1.807, 2.05) is 0 Å². The minimum atomic E-state index is -0.946. The largest absolute Gasteiger partial charge is 0.469 e. The van der Waals surface area contributed by atoms with E-state index in [4.69, 9.17) is 4.74 Å². The fraction of sp³-hybridized carbons (Fsp3) is 0.235. The summed E-state index contributed by atoms with van der Waals surface area (Å²) in [5.74, 6) is -2.34. The smallest absolute Gasteiger partial charge is 0.314 e. The number of nitro benzene ring substituents is 1. The first-order chi connectivity index (χ1) is 11.9. The highest BCUT2D eigenvalue weighted by atomic mass is 16.6. The lowest BCUT2D eigenvalue weighted by molar-refractivity contribution is -0.483. The van der Waals surface area contributed by atoms with Crippen molar-refractivity contribution in [3.63, 3.8) is 0 Å². The van der Waals surface area contributed by atoms with Gasteiger partial charge in [-0.3, -0.25) is 25.0 Å². The van der Waals surface area contributed by atoms with Crippen LogP contribution in [0.25, 0.3) is 0 Å². The summed E-state index contributed by atoms with van der Waals surface area (Å²) in [6.45, 7) is -0.471. The Kier molecular flexibility index (Phi) is 5.78. The van der Waals surface area contributed by atoms with Crippen molar-refractivity contribution in [1.29, 1.82) is 0 Å². The molecule has 2 aromatic rings. The van der Waals surface area contributed by atoms with Crippen molar-refractivity contribution in [2.24, 2.45) is 0 Å². The lowest BCUT2D eigenvalue weighted by atomic mass is 9.81. The van der Waals surface area contributed by atoms with Gasteiger partial charge in [-0.05, 0) is 11.1 Å². The molecule has 0 amide bonds. The third-order valence-electron chi connectivity index (χ3n) is 3.89. The summed E-state index contributed by atoms with van der Waals surface area (Å²) in [5.41, 5.74) is 0.916. The normalized spacial score (nSPS) is 12.8. The number of ether oxygens (including phenoxy) is 1. The van der Waals surface area contributed by atoms with Crippen LogP contribution in [0.3, 0.4) is 0 Å². The van der Waals surface area contributed by atoms with Crippen LogP contribution in [0.1, 0.15) is 23.0 Å². The average Bonchev–Trinajstić information content (AvgIpc) is 2.61. The van der Waals surface area contributed by atoms with Crippen LogP contribution in [-0.4, -0.2) is 29.5 Å². The first-order valence-electron chi connectivity index (χ1n) is 7.43. The number of hydrogen-bond donors (Lipinski definition) is 0. The fourth-order valence-electron chi connectivity index (χ4n) is 2.73. The molecule has 0 fully saturated rings. The van der Waals surface area contributed by atoms with Crippen LogP contribution >= 0.6 is 0 Å². The van der Waals surface area contributed by atoms with Crippen molar-refractivity contribution in [2.75, 3.05) is 13.7 Å². The van der Waals surface area contributed by atoms with E-state index in [1.165, 1.54) is 31.4 Å². The van der Waals surface area contributed by atoms with E-state index in [9.17, 15) is 25.0 Å². The Labute approximate surface area is 143 Å². The number of carbonyl (C=O) groups excluding carboxylic acids is 1. The lowest BCUT2D eigenvalue weighted by Crippen LogP contribution is -2.27. The second kappa shape index (κ2) is 8.00. The van der Waals surface area contributed by atoms with Crippen molar-refractivity contribution in [3.05, 3.63) is 86.0 Å². The summed E-state index contributed by atoms with van der Waals surface area (Å²) in [4.78, 5) is 33.2. The number of methoxy groups -OCH3 is 1. The van der Waals surface area contributed by atoms with Gasteiger partial charge in [0.05, 0.1) is 23.9 Å². The lowest BCUT2D eigenvalue weighted by Gasteiger charge is -2.23. The van der Waals surface area contributed by atoms with Gasteiger partial charge in [0.2, 0.25) is 6.54 Å². The molecule has 0 N–H and O–H groups in total. The molecule has 0 heterocycles. The van der Waals surface area contributed by atoms with E-state index in [0.717, 1.165) is 0 Å². The van der Waals surface area contributed by atoms with Crippen LogP contribution in [0.5, 0.6) is 0 Å². The molecule has 0 saturated carbocycles. The Bertz CT molecular complexity index is 760. The number of esters is 1. The van der Waals surface area contributed by atoms with Gasteiger partial charge in [-0.2, -0.15) is 0 Å². The summed E-state index contributed by atoms with van der Waals surface area (Å²) in [5, 5.41) is 21.9. The highest BCUT2D eigenvalue weighted by Gasteiger charge is 2.35. The highest BCUT2D eigenvalue weighted by molar-refractivity contribution is 5.79. The predicted octanol–water partition coefficient (Wildman–Crippen LogP) is 2.91. The molecule has 0 aliphatic rings. The second-order valence-electron chi connectivity index (χ2n) is 5.38. The maximum Gasteiger partial charge on any atom is 0.314 e. The first-order valence-corrected chi connectivity index (χ1v) is 7.43. The molecule has 2 rings (SSSR count). The number of non-ortho nitro benzene ring substituents is 1. The summed E-state index contributed by atoms with van der Waals surface area (Å²) in [7, 11) is 1.20. The Morgan fingerprint density at radius 2 is 1.60 bits per heavy atom. The van der Waals surface area contributed by atoms with Crippen LogP contribution in [0.15, 0.2) is 54.6 Å². The molecule has 0 aliphatic carbocycles. The van der Waals surface area contributed by atoms with E-state index in [1.54, 1.807) is 30.3 Å². The fourth-order valence-corrected chi connectivity index (χ4v) is 2.73. The van der Waals surface area contributed by atoms with Gasteiger partial charge < -0.3 is 4.74 Å². The maximum absolute atomic E-state index is 12.3. The van der Waals surface area contributed by atoms with Crippen molar-refractivity contribution in [1.82, 2.24) is 0 Å². The molecule has 0 unspecified atom stereocenters. The number of nitrogens with zero attached hydrogens (tertiary/aromatic N) is 2. The zero-order chi connectivity index (χ0) is 18.4. The minimum Gasteiger partial charge on any atom is -0.469 e. The molecule has 0 bridgehead atoms. The average molecular weight is 344 g/mol. The molecular formula is C17H16N2O6. The van der Waals surface area contributed by atoms with Gasteiger partial charge in [-0.25, -0.2) is 0 Å². The molecule has 2 aromatic carbocycles. The van der Waals surface area contributed by atoms with Gasteiger partial charge in [-0.1, -0.05) is 42.5 Å². The number of rotatable bonds is 7. The third-order valence-corrected chi connectivity index (χ3v) is 3.89. The molecule has 130 valence electrons. The van der Waals surface area contributed by atoms with E-state index < -0.39 is 34.2 Å². The van der Waals surface area contributed by atoms with Crippen LogP contribution in [0.4, 0.5) is 5.69 Å². The SMILES string of the molecule is COC(=O)[C@@H](c1ccc([N+](=O)[O-])cc1)[C@H](C[N+](=O)[O-])c1ccccc1. The Hall–Kier alpha value is -3.29. The van der Waals surface area contributed by atoms with Crippen LogP contribution in [0.2, 0.25) is 0 Å². The predicted molar refractivity (Wildman–Crippen MR) is 88.9 cm³/mol. The Balaban J connectivity index is 2.50. The van der Waals surface area contributed by atoms with Crippen molar-refractivity contribution < 1.29 is 19.4 Å². The molecule has 0 aliphatic heterocycles.